The molecule has 0 spiro atoms. The van der Waals surface area contributed by atoms with Crippen molar-refractivity contribution in [3.05, 3.63) is 71.9 Å². The number of fused-ring (bicyclic) bond motifs is 1. The zero-order valence-corrected chi connectivity index (χ0v) is 16.2. The molecule has 0 bridgehead atoms. The van der Waals surface area contributed by atoms with E-state index in [2.05, 4.69) is 38.8 Å². The fourth-order valence-electron chi connectivity index (χ4n) is 3.32. The zero-order chi connectivity index (χ0) is 19.2. The Morgan fingerprint density at radius 2 is 1.75 bits per heavy atom. The molecule has 1 aromatic heterocycles. The number of nitrogens with zero attached hydrogens (tertiary/aromatic N) is 2. The number of ether oxygens (including phenoxy) is 1. The summed E-state index contributed by atoms with van der Waals surface area (Å²) >= 11 is 0. The van der Waals surface area contributed by atoms with Crippen LogP contribution in [0.4, 0.5) is 0 Å². The summed E-state index contributed by atoms with van der Waals surface area (Å²) in [7, 11) is 1.79. The first-order chi connectivity index (χ1) is 13.8. The topological polar surface area (TPSA) is 58.5 Å². The summed E-state index contributed by atoms with van der Waals surface area (Å²) in [6.45, 7) is 1.35. The van der Waals surface area contributed by atoms with Crippen LogP contribution >= 0.6 is 0 Å². The van der Waals surface area contributed by atoms with Gasteiger partial charge in [-0.1, -0.05) is 36.4 Å². The minimum atomic E-state index is 0.374. The fraction of sp³-hybridized carbons (Fsp3) is 0.304. The van der Waals surface area contributed by atoms with Crippen LogP contribution in [0.25, 0.3) is 10.9 Å². The van der Waals surface area contributed by atoms with Crippen LogP contribution in [0.5, 0.6) is 5.75 Å². The maximum atomic E-state index is 6.12. The van der Waals surface area contributed by atoms with E-state index in [0.717, 1.165) is 41.0 Å². The van der Waals surface area contributed by atoms with Gasteiger partial charge in [-0.15, -0.1) is 0 Å². The van der Waals surface area contributed by atoms with Crippen LogP contribution in [0.2, 0.25) is 0 Å². The van der Waals surface area contributed by atoms with Gasteiger partial charge >= 0.3 is 0 Å². The van der Waals surface area contributed by atoms with E-state index in [-0.39, 0.29) is 0 Å². The normalized spacial score (nSPS) is 14.5. The molecule has 5 heteroatoms. The van der Waals surface area contributed by atoms with Crippen LogP contribution in [0, 0.1) is 0 Å². The number of pyridine rings is 1. The molecule has 0 unspecified atom stereocenters. The molecule has 3 aromatic rings. The highest BCUT2D eigenvalue weighted by Gasteiger charge is 2.20. The summed E-state index contributed by atoms with van der Waals surface area (Å²) in [5.41, 5.74) is 3.35. The summed E-state index contributed by atoms with van der Waals surface area (Å²) in [4.78, 5) is 8.78. The Hall–Kier alpha value is -3.08. The molecule has 4 rings (SSSR count). The second-order valence-corrected chi connectivity index (χ2v) is 7.05. The van der Waals surface area contributed by atoms with Crippen molar-refractivity contribution in [2.24, 2.45) is 4.99 Å². The van der Waals surface area contributed by atoms with E-state index in [9.17, 15) is 0 Å². The molecule has 2 aromatic carbocycles. The molecule has 0 radical (unpaired) electrons. The van der Waals surface area contributed by atoms with E-state index in [1.54, 1.807) is 7.05 Å². The highest BCUT2D eigenvalue weighted by atomic mass is 16.5. The van der Waals surface area contributed by atoms with E-state index in [4.69, 9.17) is 4.74 Å². The summed E-state index contributed by atoms with van der Waals surface area (Å²) in [5, 5.41) is 7.96. The van der Waals surface area contributed by atoms with E-state index >= 15 is 0 Å². The predicted molar refractivity (Wildman–Crippen MR) is 113 cm³/mol. The van der Waals surface area contributed by atoms with Crippen LogP contribution in [-0.4, -0.2) is 24.1 Å². The Morgan fingerprint density at radius 1 is 1.00 bits per heavy atom. The Morgan fingerprint density at radius 3 is 2.54 bits per heavy atom. The number of aromatic nitrogens is 1. The van der Waals surface area contributed by atoms with Crippen LogP contribution in [0.3, 0.4) is 0 Å². The summed E-state index contributed by atoms with van der Waals surface area (Å²) in [6.07, 6.45) is 5.81. The molecular weight excluding hydrogens is 348 g/mol. The molecule has 1 aliphatic rings. The molecule has 1 heterocycles. The van der Waals surface area contributed by atoms with Crippen molar-refractivity contribution in [1.82, 2.24) is 15.6 Å². The standard InChI is InChI=1S/C23H26N4O/c1-24-23(26-15-17-13-14-25-21-11-4-3-10-20(17)21)27-16-18-7-2-5-12-22(18)28-19-8-6-9-19/h2-5,7,10-14,19H,6,8-9,15-16H2,1H3,(H2,24,26,27). The van der Waals surface area contributed by atoms with Gasteiger partial charge in [-0.2, -0.15) is 0 Å². The second kappa shape index (κ2) is 8.74. The molecular formula is C23H26N4O. The number of benzene rings is 2. The predicted octanol–water partition coefficient (Wildman–Crippen LogP) is 4.03. The molecule has 28 heavy (non-hydrogen) atoms. The monoisotopic (exact) mass is 374 g/mol. The van der Waals surface area contributed by atoms with Gasteiger partial charge in [-0.25, -0.2) is 0 Å². The molecule has 5 nitrogen and oxygen atoms in total. The van der Waals surface area contributed by atoms with Crippen LogP contribution in [0.1, 0.15) is 30.4 Å². The SMILES string of the molecule is CN=C(NCc1ccccc1OC1CCC1)NCc1ccnc2ccccc12. The van der Waals surface area contributed by atoms with Crippen molar-refractivity contribution in [2.45, 2.75) is 38.5 Å². The summed E-state index contributed by atoms with van der Waals surface area (Å²) in [6, 6.07) is 18.5. The molecule has 2 N–H and O–H groups in total. The molecule has 1 fully saturated rings. The van der Waals surface area contributed by atoms with Crippen molar-refractivity contribution < 1.29 is 4.74 Å². The van der Waals surface area contributed by atoms with Crippen molar-refractivity contribution in [3.63, 3.8) is 0 Å². The van der Waals surface area contributed by atoms with E-state index in [0.29, 0.717) is 19.2 Å². The molecule has 1 aliphatic carbocycles. The number of hydrogen-bond donors (Lipinski definition) is 2. The van der Waals surface area contributed by atoms with Gasteiger partial charge in [-0.05, 0) is 43.0 Å². The van der Waals surface area contributed by atoms with Crippen LogP contribution in [0.15, 0.2) is 65.8 Å². The molecule has 0 atom stereocenters. The molecule has 0 aliphatic heterocycles. The van der Waals surface area contributed by atoms with Gasteiger partial charge < -0.3 is 15.4 Å². The third-order valence-electron chi connectivity index (χ3n) is 5.17. The second-order valence-electron chi connectivity index (χ2n) is 7.05. The van der Waals surface area contributed by atoms with Gasteiger partial charge in [0.05, 0.1) is 11.6 Å². The van der Waals surface area contributed by atoms with Crippen molar-refractivity contribution in [3.8, 4) is 5.75 Å². The minimum Gasteiger partial charge on any atom is -0.490 e. The first-order valence-corrected chi connectivity index (χ1v) is 9.85. The highest BCUT2D eigenvalue weighted by molar-refractivity contribution is 5.83. The number of rotatable bonds is 6. The smallest absolute Gasteiger partial charge is 0.191 e. The highest BCUT2D eigenvalue weighted by Crippen LogP contribution is 2.27. The zero-order valence-electron chi connectivity index (χ0n) is 16.2. The van der Waals surface area contributed by atoms with Crippen molar-refractivity contribution >= 4 is 16.9 Å². The van der Waals surface area contributed by atoms with E-state index in [1.807, 2.05) is 42.6 Å². The average Bonchev–Trinajstić information content (AvgIpc) is 2.71. The minimum absolute atomic E-state index is 0.374. The van der Waals surface area contributed by atoms with Gasteiger partial charge in [0.1, 0.15) is 5.75 Å². The lowest BCUT2D eigenvalue weighted by molar-refractivity contribution is 0.119. The van der Waals surface area contributed by atoms with Crippen LogP contribution in [-0.2, 0) is 13.1 Å². The first-order valence-electron chi connectivity index (χ1n) is 9.85. The number of guanidine groups is 1. The quantitative estimate of drug-likeness (QED) is 0.505. The lowest BCUT2D eigenvalue weighted by atomic mass is 9.96. The Labute approximate surface area is 165 Å². The molecule has 0 saturated heterocycles. The molecule has 144 valence electrons. The van der Waals surface area contributed by atoms with E-state index < -0.39 is 0 Å². The van der Waals surface area contributed by atoms with Crippen molar-refractivity contribution in [2.75, 3.05) is 7.05 Å². The number of aliphatic imine (C=N–C) groups is 1. The third-order valence-corrected chi connectivity index (χ3v) is 5.17. The maximum absolute atomic E-state index is 6.12. The summed E-state index contributed by atoms with van der Waals surface area (Å²) in [5.74, 6) is 1.73. The van der Waals surface area contributed by atoms with Gasteiger partial charge in [0.15, 0.2) is 5.96 Å². The van der Waals surface area contributed by atoms with Gasteiger partial charge in [-0.3, -0.25) is 9.98 Å². The Kier molecular flexibility index (Phi) is 5.71. The van der Waals surface area contributed by atoms with Gasteiger partial charge in [0.2, 0.25) is 0 Å². The largest absolute Gasteiger partial charge is 0.490 e. The van der Waals surface area contributed by atoms with Gasteiger partial charge in [0.25, 0.3) is 0 Å². The number of hydrogen-bond acceptors (Lipinski definition) is 3. The lowest BCUT2D eigenvalue weighted by Crippen LogP contribution is -2.36. The van der Waals surface area contributed by atoms with E-state index in [1.165, 1.54) is 12.0 Å². The number of nitrogens with one attached hydrogen (secondary N) is 2. The number of para-hydroxylation sites is 2. The Bertz CT molecular complexity index is 960. The third kappa shape index (κ3) is 4.25. The van der Waals surface area contributed by atoms with Gasteiger partial charge in [0, 0.05) is 37.3 Å². The fourth-order valence-corrected chi connectivity index (χ4v) is 3.32. The first kappa shape index (κ1) is 18.3. The molecule has 0 amide bonds. The molecule has 1 saturated carbocycles. The van der Waals surface area contributed by atoms with Crippen molar-refractivity contribution in [1.29, 1.82) is 0 Å². The Balaban J connectivity index is 1.38. The summed E-state index contributed by atoms with van der Waals surface area (Å²) < 4.78 is 6.12. The average molecular weight is 374 g/mol. The maximum Gasteiger partial charge on any atom is 0.191 e. The van der Waals surface area contributed by atoms with Crippen LogP contribution < -0.4 is 15.4 Å². The lowest BCUT2D eigenvalue weighted by Gasteiger charge is -2.27.